The van der Waals surface area contributed by atoms with Crippen LogP contribution < -0.4 is 15.0 Å². The Hall–Kier alpha value is -2.53. The standard InChI is InChI=1S/C20H21ClN2O3/c1-26-18-5-3-2-4-17(18)23-13-15(12-19(23)24)20(25)22-11-10-14-6-8-16(21)9-7-14/h2-9,15H,10-13H2,1H3,(H,22,25). The second kappa shape index (κ2) is 8.23. The lowest BCUT2D eigenvalue weighted by Crippen LogP contribution is -2.34. The van der Waals surface area contributed by atoms with Gasteiger partial charge in [-0.25, -0.2) is 0 Å². The highest BCUT2D eigenvalue weighted by molar-refractivity contribution is 6.30. The molecule has 26 heavy (non-hydrogen) atoms. The number of hydrogen-bond donors (Lipinski definition) is 1. The van der Waals surface area contributed by atoms with E-state index in [1.165, 1.54) is 0 Å². The van der Waals surface area contributed by atoms with Gasteiger partial charge in [-0.2, -0.15) is 0 Å². The van der Waals surface area contributed by atoms with Gasteiger partial charge in [0.25, 0.3) is 0 Å². The molecule has 1 N–H and O–H groups in total. The van der Waals surface area contributed by atoms with Gasteiger partial charge in [0.05, 0.1) is 18.7 Å². The molecule has 1 fully saturated rings. The lowest BCUT2D eigenvalue weighted by atomic mass is 10.1. The summed E-state index contributed by atoms with van der Waals surface area (Å²) in [6.45, 7) is 0.895. The number of nitrogens with one attached hydrogen (secondary N) is 1. The molecule has 136 valence electrons. The Bertz CT molecular complexity index is 792. The van der Waals surface area contributed by atoms with E-state index in [0.717, 1.165) is 12.0 Å². The minimum atomic E-state index is -0.349. The van der Waals surface area contributed by atoms with E-state index in [9.17, 15) is 9.59 Å². The van der Waals surface area contributed by atoms with Crippen molar-refractivity contribution in [2.45, 2.75) is 12.8 Å². The first-order valence-corrected chi connectivity index (χ1v) is 8.92. The van der Waals surface area contributed by atoms with Crippen LogP contribution in [0.15, 0.2) is 48.5 Å². The van der Waals surface area contributed by atoms with Crippen molar-refractivity contribution in [2.75, 3.05) is 25.1 Å². The quantitative estimate of drug-likeness (QED) is 0.847. The third-order valence-corrected chi connectivity index (χ3v) is 4.75. The summed E-state index contributed by atoms with van der Waals surface area (Å²) in [6.07, 6.45) is 0.935. The highest BCUT2D eigenvalue weighted by atomic mass is 35.5. The maximum absolute atomic E-state index is 12.4. The first-order chi connectivity index (χ1) is 12.6. The molecule has 0 spiro atoms. The van der Waals surface area contributed by atoms with Crippen molar-refractivity contribution in [3.05, 3.63) is 59.1 Å². The van der Waals surface area contributed by atoms with Gasteiger partial charge >= 0.3 is 0 Å². The van der Waals surface area contributed by atoms with Gasteiger partial charge in [0.15, 0.2) is 0 Å². The molecule has 1 saturated heterocycles. The third-order valence-electron chi connectivity index (χ3n) is 4.50. The molecule has 3 rings (SSSR count). The Balaban J connectivity index is 1.56. The molecule has 2 amide bonds. The van der Waals surface area contributed by atoms with Gasteiger partial charge in [-0.15, -0.1) is 0 Å². The molecule has 2 aromatic carbocycles. The van der Waals surface area contributed by atoms with Gasteiger partial charge in [0.1, 0.15) is 5.75 Å². The number of halogens is 1. The van der Waals surface area contributed by atoms with Crippen molar-refractivity contribution in [1.29, 1.82) is 0 Å². The highest BCUT2D eigenvalue weighted by Crippen LogP contribution is 2.32. The first-order valence-electron chi connectivity index (χ1n) is 8.54. The van der Waals surface area contributed by atoms with Crippen LogP contribution in [0.4, 0.5) is 5.69 Å². The van der Waals surface area contributed by atoms with Crippen molar-refractivity contribution in [3.63, 3.8) is 0 Å². The molecule has 1 aliphatic rings. The second-order valence-electron chi connectivity index (χ2n) is 6.24. The lowest BCUT2D eigenvalue weighted by molar-refractivity contribution is -0.126. The number of amides is 2. The van der Waals surface area contributed by atoms with E-state index in [2.05, 4.69) is 5.32 Å². The van der Waals surface area contributed by atoms with E-state index in [0.29, 0.717) is 29.5 Å². The van der Waals surface area contributed by atoms with Crippen molar-refractivity contribution >= 4 is 29.1 Å². The first kappa shape index (κ1) is 18.3. The maximum atomic E-state index is 12.4. The molecule has 1 heterocycles. The van der Waals surface area contributed by atoms with Crippen LogP contribution in [-0.2, 0) is 16.0 Å². The van der Waals surface area contributed by atoms with E-state index < -0.39 is 0 Å². The van der Waals surface area contributed by atoms with Crippen molar-refractivity contribution in [1.82, 2.24) is 5.32 Å². The van der Waals surface area contributed by atoms with E-state index in [1.807, 2.05) is 48.5 Å². The van der Waals surface area contributed by atoms with E-state index >= 15 is 0 Å². The second-order valence-corrected chi connectivity index (χ2v) is 6.68. The fourth-order valence-corrected chi connectivity index (χ4v) is 3.22. The van der Waals surface area contributed by atoms with Crippen LogP contribution >= 0.6 is 11.6 Å². The predicted octanol–water partition coefficient (Wildman–Crippen LogP) is 3.06. The summed E-state index contributed by atoms with van der Waals surface area (Å²) < 4.78 is 5.32. The van der Waals surface area contributed by atoms with Crippen LogP contribution in [0.5, 0.6) is 5.75 Å². The number of rotatable bonds is 6. The van der Waals surface area contributed by atoms with Gasteiger partial charge in [0.2, 0.25) is 11.8 Å². The topological polar surface area (TPSA) is 58.6 Å². The van der Waals surface area contributed by atoms with Crippen LogP contribution in [0.25, 0.3) is 0 Å². The third kappa shape index (κ3) is 4.17. The summed E-state index contributed by atoms with van der Waals surface area (Å²) in [4.78, 5) is 26.4. The molecule has 0 aromatic heterocycles. The zero-order chi connectivity index (χ0) is 18.5. The SMILES string of the molecule is COc1ccccc1N1CC(C(=O)NCCc2ccc(Cl)cc2)CC1=O. The maximum Gasteiger partial charge on any atom is 0.227 e. The largest absolute Gasteiger partial charge is 0.495 e. The zero-order valence-corrected chi connectivity index (χ0v) is 15.3. The number of ether oxygens (including phenoxy) is 1. The molecule has 1 atom stereocenters. The van der Waals surface area contributed by atoms with Crippen LogP contribution in [0.1, 0.15) is 12.0 Å². The minimum Gasteiger partial charge on any atom is -0.495 e. The smallest absolute Gasteiger partial charge is 0.227 e. The summed E-state index contributed by atoms with van der Waals surface area (Å²) in [5, 5.41) is 3.62. The van der Waals surface area contributed by atoms with Crippen LogP contribution in [-0.4, -0.2) is 32.0 Å². The molecule has 1 unspecified atom stereocenters. The molecule has 2 aromatic rings. The predicted molar refractivity (Wildman–Crippen MR) is 102 cm³/mol. The Labute approximate surface area is 157 Å². The van der Waals surface area contributed by atoms with Crippen LogP contribution in [0.3, 0.4) is 0 Å². The van der Waals surface area contributed by atoms with E-state index in [4.69, 9.17) is 16.3 Å². The van der Waals surface area contributed by atoms with Gasteiger partial charge in [-0.1, -0.05) is 35.9 Å². The molecule has 0 aliphatic carbocycles. The molecule has 0 bridgehead atoms. The number of methoxy groups -OCH3 is 1. The molecule has 0 saturated carbocycles. The number of benzene rings is 2. The number of carbonyl (C=O) groups is 2. The average molecular weight is 373 g/mol. The number of anilines is 1. The Morgan fingerprint density at radius 2 is 1.96 bits per heavy atom. The molecular formula is C20H21ClN2O3. The number of hydrogen-bond acceptors (Lipinski definition) is 3. The Morgan fingerprint density at radius 1 is 1.23 bits per heavy atom. The minimum absolute atomic E-state index is 0.0626. The molecule has 1 aliphatic heterocycles. The molecule has 6 heteroatoms. The summed E-state index contributed by atoms with van der Waals surface area (Å²) >= 11 is 5.87. The summed E-state index contributed by atoms with van der Waals surface area (Å²) in [5.74, 6) is 0.124. The van der Waals surface area contributed by atoms with Gasteiger partial charge in [0, 0.05) is 24.5 Å². The number of nitrogens with zero attached hydrogens (tertiary/aromatic N) is 1. The van der Waals surface area contributed by atoms with Crippen molar-refractivity contribution in [3.8, 4) is 5.75 Å². The summed E-state index contributed by atoms with van der Waals surface area (Å²) in [6, 6.07) is 14.9. The Kier molecular flexibility index (Phi) is 5.78. The van der Waals surface area contributed by atoms with Gasteiger partial charge in [-0.05, 0) is 36.2 Å². The van der Waals surface area contributed by atoms with Crippen LogP contribution in [0, 0.1) is 5.92 Å². The molecule has 5 nitrogen and oxygen atoms in total. The van der Waals surface area contributed by atoms with Crippen molar-refractivity contribution < 1.29 is 14.3 Å². The van der Waals surface area contributed by atoms with E-state index in [-0.39, 0.29) is 24.2 Å². The molecule has 0 radical (unpaired) electrons. The fourth-order valence-electron chi connectivity index (χ4n) is 3.09. The average Bonchev–Trinajstić information content (AvgIpc) is 3.05. The highest BCUT2D eigenvalue weighted by Gasteiger charge is 2.36. The lowest BCUT2D eigenvalue weighted by Gasteiger charge is -2.19. The normalized spacial score (nSPS) is 16.6. The number of carbonyl (C=O) groups excluding carboxylic acids is 2. The summed E-state index contributed by atoms with van der Waals surface area (Å²) in [5.41, 5.74) is 1.81. The van der Waals surface area contributed by atoms with Crippen LogP contribution in [0.2, 0.25) is 5.02 Å². The summed E-state index contributed by atoms with van der Waals surface area (Å²) in [7, 11) is 1.57. The van der Waals surface area contributed by atoms with Gasteiger partial charge in [-0.3, -0.25) is 9.59 Å². The van der Waals surface area contributed by atoms with E-state index in [1.54, 1.807) is 12.0 Å². The number of para-hydroxylation sites is 2. The monoisotopic (exact) mass is 372 g/mol. The molecular weight excluding hydrogens is 352 g/mol. The fraction of sp³-hybridized carbons (Fsp3) is 0.300. The van der Waals surface area contributed by atoms with Crippen molar-refractivity contribution in [2.24, 2.45) is 5.92 Å². The Morgan fingerprint density at radius 3 is 2.69 bits per heavy atom. The van der Waals surface area contributed by atoms with Gasteiger partial charge < -0.3 is 15.0 Å². The zero-order valence-electron chi connectivity index (χ0n) is 14.6.